The summed E-state index contributed by atoms with van der Waals surface area (Å²) in [5.41, 5.74) is 2.25. The van der Waals surface area contributed by atoms with Gasteiger partial charge < -0.3 is 4.90 Å². The Hall–Kier alpha value is -0.400. The topological polar surface area (TPSA) is 3.24 Å². The lowest BCUT2D eigenvalue weighted by Gasteiger charge is -2.31. The van der Waals surface area contributed by atoms with Crippen molar-refractivity contribution < 1.29 is 0 Å². The quantitative estimate of drug-likeness (QED) is 0.717. The maximum Gasteiger partial charge on any atom is 0.0494 e. The zero-order valence-electron chi connectivity index (χ0n) is 10.3. The van der Waals surface area contributed by atoms with Gasteiger partial charge in [0.05, 0.1) is 0 Å². The summed E-state index contributed by atoms with van der Waals surface area (Å²) in [4.78, 5) is 2.24. The molecule has 0 aromatic heterocycles. The van der Waals surface area contributed by atoms with Crippen LogP contribution in [0.2, 0.25) is 5.02 Å². The molecule has 0 amide bonds. The molecule has 0 aliphatic carbocycles. The van der Waals surface area contributed by atoms with E-state index < -0.39 is 0 Å². The first kappa shape index (κ1) is 13.7. The molecule has 0 aliphatic heterocycles. The van der Waals surface area contributed by atoms with Crippen LogP contribution in [0.1, 0.15) is 26.3 Å². The van der Waals surface area contributed by atoms with E-state index in [1.807, 2.05) is 18.2 Å². The molecule has 1 unspecified atom stereocenters. The van der Waals surface area contributed by atoms with Gasteiger partial charge in [0.2, 0.25) is 0 Å². The Morgan fingerprint density at radius 2 is 1.88 bits per heavy atom. The van der Waals surface area contributed by atoms with Crippen molar-refractivity contribution in [3.8, 4) is 0 Å². The van der Waals surface area contributed by atoms with E-state index in [9.17, 15) is 0 Å². The van der Waals surface area contributed by atoms with Crippen LogP contribution in [0.15, 0.2) is 18.2 Å². The number of hydrogen-bond donors (Lipinski definition) is 0. The number of halogens is 2. The molecule has 0 spiro atoms. The predicted molar refractivity (Wildman–Crippen MR) is 73.7 cm³/mol. The van der Waals surface area contributed by atoms with Crippen molar-refractivity contribution >= 4 is 28.9 Å². The summed E-state index contributed by atoms with van der Waals surface area (Å²) >= 11 is 12.0. The summed E-state index contributed by atoms with van der Waals surface area (Å²) < 4.78 is 0. The van der Waals surface area contributed by atoms with Gasteiger partial charge in [-0.2, -0.15) is 0 Å². The van der Waals surface area contributed by atoms with Crippen LogP contribution in [0.25, 0.3) is 0 Å². The van der Waals surface area contributed by atoms with Gasteiger partial charge in [-0.3, -0.25) is 0 Å². The molecule has 1 aromatic carbocycles. The highest BCUT2D eigenvalue weighted by atomic mass is 35.5. The molecular formula is C13H19Cl2N. The van der Waals surface area contributed by atoms with Gasteiger partial charge in [-0.25, -0.2) is 0 Å². The van der Waals surface area contributed by atoms with E-state index in [0.717, 1.165) is 16.3 Å². The summed E-state index contributed by atoms with van der Waals surface area (Å²) in [5.74, 6) is 1.11. The Balaban J connectivity index is 3.05. The molecule has 3 heteroatoms. The van der Waals surface area contributed by atoms with Gasteiger partial charge in [-0.15, -0.1) is 11.6 Å². The van der Waals surface area contributed by atoms with Crippen LogP contribution in [0.5, 0.6) is 0 Å². The second-order valence-corrected chi connectivity index (χ2v) is 5.21. The van der Waals surface area contributed by atoms with Gasteiger partial charge in [0.1, 0.15) is 0 Å². The lowest BCUT2D eigenvalue weighted by Crippen LogP contribution is -2.33. The van der Waals surface area contributed by atoms with E-state index in [0.29, 0.717) is 17.8 Å². The molecule has 0 radical (unpaired) electrons. The van der Waals surface area contributed by atoms with Crippen molar-refractivity contribution in [1.82, 2.24) is 0 Å². The number of rotatable bonds is 4. The third-order valence-electron chi connectivity index (χ3n) is 3.15. The summed E-state index contributed by atoms with van der Waals surface area (Å²) in [6, 6.07) is 6.32. The molecule has 1 atom stereocenters. The second kappa shape index (κ2) is 5.79. The van der Waals surface area contributed by atoms with E-state index in [1.165, 1.54) is 0 Å². The van der Waals surface area contributed by atoms with Crippen LogP contribution in [0.3, 0.4) is 0 Å². The summed E-state index contributed by atoms with van der Waals surface area (Å²) in [6.45, 7) is 6.64. The van der Waals surface area contributed by atoms with E-state index in [4.69, 9.17) is 23.2 Å². The highest BCUT2D eigenvalue weighted by Gasteiger charge is 2.16. The summed E-state index contributed by atoms with van der Waals surface area (Å²) in [6.07, 6.45) is 0. The molecule has 1 rings (SSSR count). The molecular weight excluding hydrogens is 241 g/mol. The van der Waals surface area contributed by atoms with E-state index >= 15 is 0 Å². The minimum Gasteiger partial charge on any atom is -0.371 e. The largest absolute Gasteiger partial charge is 0.371 e. The summed E-state index contributed by atoms with van der Waals surface area (Å²) in [7, 11) is 2.09. The molecule has 0 N–H and O–H groups in total. The van der Waals surface area contributed by atoms with Gasteiger partial charge in [-0.1, -0.05) is 31.5 Å². The molecule has 0 bridgehead atoms. The Labute approximate surface area is 108 Å². The molecule has 1 nitrogen and oxygen atoms in total. The Morgan fingerprint density at radius 1 is 1.25 bits per heavy atom. The summed E-state index contributed by atoms with van der Waals surface area (Å²) in [5, 5.41) is 0.756. The fraction of sp³-hybridized carbons (Fsp3) is 0.538. The number of alkyl halides is 1. The first-order valence-electron chi connectivity index (χ1n) is 5.54. The van der Waals surface area contributed by atoms with Crippen LogP contribution in [-0.4, -0.2) is 13.1 Å². The lowest BCUT2D eigenvalue weighted by atomic mass is 10.0. The number of nitrogens with zero attached hydrogens (tertiary/aromatic N) is 1. The highest BCUT2D eigenvalue weighted by molar-refractivity contribution is 6.31. The molecule has 16 heavy (non-hydrogen) atoms. The fourth-order valence-corrected chi connectivity index (χ4v) is 2.04. The smallest absolute Gasteiger partial charge is 0.0494 e. The van der Waals surface area contributed by atoms with Crippen molar-refractivity contribution in [3.63, 3.8) is 0 Å². The van der Waals surface area contributed by atoms with E-state index in [-0.39, 0.29) is 0 Å². The zero-order chi connectivity index (χ0) is 12.3. The van der Waals surface area contributed by atoms with Gasteiger partial charge in [0.15, 0.2) is 0 Å². The Morgan fingerprint density at radius 3 is 2.38 bits per heavy atom. The minimum absolute atomic E-state index is 0.459. The zero-order valence-corrected chi connectivity index (χ0v) is 11.8. The standard InChI is InChI=1S/C13H19Cl2N/c1-9(2)10(3)16(4)13-7-12(15)6-5-11(13)8-14/h5-7,9-10H,8H2,1-4H3. The normalized spacial score (nSPS) is 12.9. The third-order valence-corrected chi connectivity index (χ3v) is 3.67. The van der Waals surface area contributed by atoms with Gasteiger partial charge in [0, 0.05) is 29.7 Å². The van der Waals surface area contributed by atoms with Crippen LogP contribution in [0.4, 0.5) is 5.69 Å². The second-order valence-electron chi connectivity index (χ2n) is 4.50. The lowest BCUT2D eigenvalue weighted by molar-refractivity contribution is 0.505. The average Bonchev–Trinajstić information content (AvgIpc) is 2.26. The van der Waals surface area contributed by atoms with Gasteiger partial charge >= 0.3 is 0 Å². The Bertz CT molecular complexity index is 350. The average molecular weight is 260 g/mol. The predicted octanol–water partition coefficient (Wildman–Crippen LogP) is 4.56. The monoisotopic (exact) mass is 259 g/mol. The fourth-order valence-electron chi connectivity index (χ4n) is 1.64. The Kier molecular flexibility index (Phi) is 4.94. The van der Waals surface area contributed by atoms with E-state index in [2.05, 4.69) is 32.7 Å². The van der Waals surface area contributed by atoms with Crippen LogP contribution >= 0.6 is 23.2 Å². The number of benzene rings is 1. The van der Waals surface area contributed by atoms with Crippen molar-refractivity contribution in [2.24, 2.45) is 5.92 Å². The molecule has 0 saturated carbocycles. The molecule has 0 fully saturated rings. The van der Waals surface area contributed by atoms with Crippen LogP contribution in [0, 0.1) is 5.92 Å². The molecule has 0 heterocycles. The highest BCUT2D eigenvalue weighted by Crippen LogP contribution is 2.28. The third kappa shape index (κ3) is 3.05. The number of hydrogen-bond acceptors (Lipinski definition) is 1. The van der Waals surface area contributed by atoms with Crippen LogP contribution in [-0.2, 0) is 5.88 Å². The van der Waals surface area contributed by atoms with Crippen molar-refractivity contribution in [3.05, 3.63) is 28.8 Å². The number of anilines is 1. The minimum atomic E-state index is 0.459. The van der Waals surface area contributed by atoms with Crippen molar-refractivity contribution in [2.45, 2.75) is 32.7 Å². The van der Waals surface area contributed by atoms with Gasteiger partial charge in [0.25, 0.3) is 0 Å². The molecule has 0 aliphatic rings. The molecule has 1 aromatic rings. The van der Waals surface area contributed by atoms with E-state index in [1.54, 1.807) is 0 Å². The van der Waals surface area contributed by atoms with Crippen molar-refractivity contribution in [2.75, 3.05) is 11.9 Å². The maximum atomic E-state index is 6.03. The molecule has 0 saturated heterocycles. The van der Waals surface area contributed by atoms with Crippen LogP contribution < -0.4 is 4.90 Å². The van der Waals surface area contributed by atoms with Gasteiger partial charge in [-0.05, 0) is 30.5 Å². The SMILES string of the molecule is CC(C)C(C)N(C)c1cc(Cl)ccc1CCl. The first-order chi connectivity index (χ1) is 7.47. The molecule has 90 valence electrons. The maximum absolute atomic E-state index is 6.03. The first-order valence-corrected chi connectivity index (χ1v) is 6.45. The van der Waals surface area contributed by atoms with Crippen molar-refractivity contribution in [1.29, 1.82) is 0 Å².